The van der Waals surface area contributed by atoms with Gasteiger partial charge in [-0.3, -0.25) is 4.68 Å². The van der Waals surface area contributed by atoms with Gasteiger partial charge in [-0.1, -0.05) is 0 Å². The number of anilines is 1. The van der Waals surface area contributed by atoms with Gasteiger partial charge >= 0.3 is 0 Å². The molecule has 1 aromatic heterocycles. The summed E-state index contributed by atoms with van der Waals surface area (Å²) >= 11 is 0. The summed E-state index contributed by atoms with van der Waals surface area (Å²) in [6.45, 7) is 4.65. The van der Waals surface area contributed by atoms with Gasteiger partial charge in [0, 0.05) is 26.2 Å². The van der Waals surface area contributed by atoms with Crippen LogP contribution in [0.15, 0.2) is 23.1 Å². The molecule has 2 aliphatic heterocycles. The largest absolute Gasteiger partial charge is 0.366 e. The molecule has 170 valence electrons. The summed E-state index contributed by atoms with van der Waals surface area (Å²) in [5.74, 6) is -1.58. The summed E-state index contributed by atoms with van der Waals surface area (Å²) in [5.41, 5.74) is 2.44. The minimum absolute atomic E-state index is 0.0691. The van der Waals surface area contributed by atoms with Crippen molar-refractivity contribution in [2.24, 2.45) is 0 Å². The van der Waals surface area contributed by atoms with Crippen molar-refractivity contribution in [1.82, 2.24) is 14.1 Å². The van der Waals surface area contributed by atoms with E-state index < -0.39 is 36.4 Å². The first-order valence-corrected chi connectivity index (χ1v) is 13.2. The molecule has 4 rings (SSSR count). The monoisotopic (exact) mass is 474 g/mol. The Balaban J connectivity index is 1.52. The molecule has 0 aliphatic carbocycles. The fraction of sp³-hybridized carbons (Fsp3) is 0.526. The molecule has 0 radical (unpaired) electrons. The Morgan fingerprint density at radius 1 is 1.10 bits per heavy atom. The highest BCUT2D eigenvalue weighted by molar-refractivity contribution is 7.91. The molecule has 3 heterocycles. The topological polar surface area (TPSA) is 92.6 Å². The number of aryl methyl sites for hydroxylation is 1. The molecular weight excluding hydrogens is 450 g/mol. The number of nitrogens with zero attached hydrogens (tertiary/aromatic N) is 4. The van der Waals surface area contributed by atoms with Gasteiger partial charge in [0.2, 0.25) is 10.0 Å². The summed E-state index contributed by atoms with van der Waals surface area (Å²) in [5, 5.41) is 4.56. The zero-order valence-electron chi connectivity index (χ0n) is 17.3. The molecule has 0 spiro atoms. The minimum Gasteiger partial charge on any atom is -0.366 e. The Hall–Kier alpha value is -2.05. The van der Waals surface area contributed by atoms with E-state index in [-0.39, 0.29) is 30.6 Å². The van der Waals surface area contributed by atoms with Crippen LogP contribution in [-0.4, -0.2) is 68.6 Å². The predicted octanol–water partition coefficient (Wildman–Crippen LogP) is 1.65. The van der Waals surface area contributed by atoms with E-state index in [0.717, 1.165) is 33.5 Å². The first kappa shape index (κ1) is 22.2. The maximum absolute atomic E-state index is 14.0. The molecule has 12 heteroatoms. The number of rotatable bonds is 4. The minimum atomic E-state index is -4.16. The Kier molecular flexibility index (Phi) is 5.59. The van der Waals surface area contributed by atoms with Gasteiger partial charge in [-0.2, -0.15) is 9.40 Å². The molecule has 2 fully saturated rings. The quantitative estimate of drug-likeness (QED) is 0.669. The second-order valence-corrected chi connectivity index (χ2v) is 12.1. The fourth-order valence-corrected chi connectivity index (χ4v) is 7.59. The second-order valence-electron chi connectivity index (χ2n) is 7.99. The van der Waals surface area contributed by atoms with Crippen molar-refractivity contribution < 1.29 is 25.6 Å². The highest BCUT2D eigenvalue weighted by Gasteiger charge is 2.35. The van der Waals surface area contributed by atoms with Crippen LogP contribution >= 0.6 is 0 Å². The van der Waals surface area contributed by atoms with Gasteiger partial charge in [0.05, 0.1) is 34.6 Å². The number of sulfonamides is 1. The van der Waals surface area contributed by atoms with Gasteiger partial charge in [0.15, 0.2) is 9.84 Å². The second kappa shape index (κ2) is 7.82. The Morgan fingerprint density at radius 3 is 2.39 bits per heavy atom. The van der Waals surface area contributed by atoms with E-state index in [0.29, 0.717) is 25.6 Å². The number of aromatic nitrogens is 2. The van der Waals surface area contributed by atoms with E-state index in [2.05, 4.69) is 5.10 Å². The number of halogens is 2. The van der Waals surface area contributed by atoms with Gasteiger partial charge in [-0.25, -0.2) is 25.6 Å². The van der Waals surface area contributed by atoms with Gasteiger partial charge in [0.25, 0.3) is 0 Å². The summed E-state index contributed by atoms with van der Waals surface area (Å²) in [6, 6.07) is 2.19. The number of hydrogen-bond donors (Lipinski definition) is 0. The van der Waals surface area contributed by atoms with Crippen molar-refractivity contribution in [3.05, 3.63) is 41.2 Å². The van der Waals surface area contributed by atoms with Crippen molar-refractivity contribution in [2.45, 2.75) is 31.2 Å². The van der Waals surface area contributed by atoms with Crippen molar-refractivity contribution in [3.63, 3.8) is 0 Å². The van der Waals surface area contributed by atoms with E-state index in [1.54, 1.807) is 4.68 Å². The lowest BCUT2D eigenvalue weighted by Crippen LogP contribution is -2.49. The third-order valence-electron chi connectivity index (χ3n) is 5.91. The van der Waals surface area contributed by atoms with Crippen LogP contribution in [0.25, 0.3) is 0 Å². The molecule has 2 saturated heterocycles. The van der Waals surface area contributed by atoms with Crippen molar-refractivity contribution >= 4 is 25.5 Å². The molecule has 0 amide bonds. The van der Waals surface area contributed by atoms with Crippen LogP contribution in [-0.2, 0) is 19.9 Å². The lowest BCUT2D eigenvalue weighted by molar-refractivity contribution is 0.381. The van der Waals surface area contributed by atoms with Crippen LogP contribution in [0.5, 0.6) is 0 Å². The number of piperazine rings is 1. The first-order valence-electron chi connectivity index (χ1n) is 9.96. The van der Waals surface area contributed by atoms with Crippen LogP contribution < -0.4 is 4.90 Å². The number of sulfone groups is 1. The smallest absolute Gasteiger partial charge is 0.246 e. The number of benzene rings is 1. The third kappa shape index (κ3) is 4.08. The molecule has 0 N–H and O–H groups in total. The molecule has 1 aromatic carbocycles. The van der Waals surface area contributed by atoms with Crippen molar-refractivity contribution in [2.75, 3.05) is 42.6 Å². The van der Waals surface area contributed by atoms with E-state index in [9.17, 15) is 25.6 Å². The van der Waals surface area contributed by atoms with Crippen LogP contribution in [0.3, 0.4) is 0 Å². The number of hydrogen-bond acceptors (Lipinski definition) is 6. The zero-order valence-corrected chi connectivity index (χ0v) is 18.9. The Bertz CT molecular complexity index is 1220. The summed E-state index contributed by atoms with van der Waals surface area (Å²) in [4.78, 5) is 1.34. The van der Waals surface area contributed by atoms with E-state index in [4.69, 9.17) is 0 Å². The molecule has 0 saturated carbocycles. The summed E-state index contributed by atoms with van der Waals surface area (Å²) < 4.78 is 79.7. The molecule has 1 unspecified atom stereocenters. The standard InChI is InChI=1S/C19H24F2N4O4S2/c1-13-19(14(2)25(22-13)16-5-10-30(26,27)12-16)23-6-8-24(9-7-23)31(28,29)18-11-15(20)3-4-17(18)21/h3-4,11,16H,5-10,12H2,1-2H3. The Morgan fingerprint density at radius 2 is 1.77 bits per heavy atom. The maximum atomic E-state index is 14.0. The lowest BCUT2D eigenvalue weighted by atomic mass is 10.2. The maximum Gasteiger partial charge on any atom is 0.246 e. The molecule has 0 bridgehead atoms. The molecule has 2 aromatic rings. The zero-order chi connectivity index (χ0) is 22.6. The van der Waals surface area contributed by atoms with Gasteiger partial charge in [-0.15, -0.1) is 0 Å². The first-order chi connectivity index (χ1) is 14.5. The normalized spacial score (nSPS) is 22.2. The van der Waals surface area contributed by atoms with Crippen LogP contribution in [0.4, 0.5) is 14.5 Å². The van der Waals surface area contributed by atoms with Gasteiger partial charge < -0.3 is 4.90 Å². The van der Waals surface area contributed by atoms with Crippen LogP contribution in [0, 0.1) is 25.5 Å². The molecule has 1 atom stereocenters. The third-order valence-corrected chi connectivity index (χ3v) is 9.57. The van der Waals surface area contributed by atoms with Crippen molar-refractivity contribution in [3.8, 4) is 0 Å². The fourth-order valence-electron chi connectivity index (χ4n) is 4.40. The van der Waals surface area contributed by atoms with E-state index in [1.165, 1.54) is 0 Å². The van der Waals surface area contributed by atoms with Crippen molar-refractivity contribution in [1.29, 1.82) is 0 Å². The van der Waals surface area contributed by atoms with Gasteiger partial charge in [-0.05, 0) is 38.5 Å². The molecule has 31 heavy (non-hydrogen) atoms. The van der Waals surface area contributed by atoms with Gasteiger partial charge in [0.1, 0.15) is 16.5 Å². The van der Waals surface area contributed by atoms with Crippen LogP contribution in [0.2, 0.25) is 0 Å². The highest BCUT2D eigenvalue weighted by atomic mass is 32.2. The summed E-state index contributed by atoms with van der Waals surface area (Å²) in [6.07, 6.45) is 0.523. The Labute approximate surface area is 180 Å². The van der Waals surface area contributed by atoms with E-state index in [1.807, 2.05) is 18.7 Å². The molecule has 2 aliphatic rings. The van der Waals surface area contributed by atoms with Crippen LogP contribution in [0.1, 0.15) is 23.9 Å². The lowest BCUT2D eigenvalue weighted by Gasteiger charge is -2.35. The molecule has 8 nitrogen and oxygen atoms in total. The molecular formula is C19H24F2N4O4S2. The average Bonchev–Trinajstić information content (AvgIpc) is 3.21. The summed E-state index contributed by atoms with van der Waals surface area (Å²) in [7, 11) is -7.21. The highest BCUT2D eigenvalue weighted by Crippen LogP contribution is 2.32. The van der Waals surface area contributed by atoms with E-state index >= 15 is 0 Å². The SMILES string of the molecule is Cc1nn(C2CCS(=O)(=O)C2)c(C)c1N1CCN(S(=O)(=O)c2cc(F)ccc2F)CC1. The predicted molar refractivity (Wildman–Crippen MR) is 111 cm³/mol. The average molecular weight is 475 g/mol.